The Bertz CT molecular complexity index is 1020. The van der Waals surface area contributed by atoms with Crippen LogP contribution in [0.4, 0.5) is 5.69 Å². The van der Waals surface area contributed by atoms with E-state index >= 15 is 0 Å². The summed E-state index contributed by atoms with van der Waals surface area (Å²) in [5, 5.41) is 20.7. The summed E-state index contributed by atoms with van der Waals surface area (Å²) in [6.07, 6.45) is 8.29. The van der Waals surface area contributed by atoms with E-state index < -0.39 is 0 Å². The van der Waals surface area contributed by atoms with Gasteiger partial charge in [0, 0.05) is 55.6 Å². The van der Waals surface area contributed by atoms with Crippen LogP contribution in [0.25, 0.3) is 5.57 Å². The van der Waals surface area contributed by atoms with Crippen molar-refractivity contribution in [1.29, 1.82) is 10.8 Å². The molecule has 3 N–H and O–H groups in total. The highest BCUT2D eigenvalue weighted by atomic mass is 16.2. The highest BCUT2D eigenvalue weighted by Crippen LogP contribution is 2.32. The molecular formula is C27H38N6O. The van der Waals surface area contributed by atoms with Crippen molar-refractivity contribution in [2.45, 2.75) is 52.0 Å². The third-order valence-electron chi connectivity index (χ3n) is 7.44. The van der Waals surface area contributed by atoms with Gasteiger partial charge in [0.15, 0.2) is 0 Å². The average Bonchev–Trinajstić information content (AvgIpc) is 2.85. The van der Waals surface area contributed by atoms with Crippen molar-refractivity contribution in [3.05, 3.63) is 46.7 Å². The van der Waals surface area contributed by atoms with E-state index in [0.29, 0.717) is 25.0 Å². The maximum atomic E-state index is 12.2. The molecule has 0 spiro atoms. The molecule has 0 saturated carbocycles. The van der Waals surface area contributed by atoms with E-state index in [1.165, 1.54) is 11.8 Å². The number of aryl methyl sites for hydroxylation is 1. The number of carbonyl (C=O) groups excluding carboxylic acids is 1. The SMILES string of the molecule is C/C=C(\C=N)c1ccc2c(c1)CCCN2C(=N)C1=C(NC2CCN(C)CC2)CCN(C(C)=O)C1. The fourth-order valence-corrected chi connectivity index (χ4v) is 5.31. The second-order valence-corrected chi connectivity index (χ2v) is 9.71. The largest absolute Gasteiger partial charge is 0.385 e. The summed E-state index contributed by atoms with van der Waals surface area (Å²) in [5.74, 6) is 0.575. The van der Waals surface area contributed by atoms with E-state index in [1.54, 1.807) is 6.92 Å². The van der Waals surface area contributed by atoms with Crippen LogP contribution in [0, 0.1) is 10.8 Å². The topological polar surface area (TPSA) is 86.5 Å². The third-order valence-corrected chi connectivity index (χ3v) is 7.44. The molecule has 1 aromatic rings. The highest BCUT2D eigenvalue weighted by Gasteiger charge is 2.30. The number of allylic oxidation sites excluding steroid dienone is 2. The first kappa shape index (κ1) is 24.2. The number of fused-ring (bicyclic) bond motifs is 1. The molecule has 3 aliphatic heterocycles. The average molecular weight is 463 g/mol. The van der Waals surface area contributed by atoms with Gasteiger partial charge in [0.1, 0.15) is 5.84 Å². The molecule has 1 fully saturated rings. The Morgan fingerprint density at radius 1 is 1.15 bits per heavy atom. The van der Waals surface area contributed by atoms with Crippen LogP contribution in [-0.2, 0) is 11.2 Å². The number of rotatable bonds is 5. The van der Waals surface area contributed by atoms with E-state index in [9.17, 15) is 10.2 Å². The van der Waals surface area contributed by atoms with Gasteiger partial charge in [-0.1, -0.05) is 12.1 Å². The van der Waals surface area contributed by atoms with Gasteiger partial charge in [-0.05, 0) is 81.6 Å². The van der Waals surface area contributed by atoms with E-state index in [-0.39, 0.29) is 5.91 Å². The molecule has 7 nitrogen and oxygen atoms in total. The smallest absolute Gasteiger partial charge is 0.219 e. The maximum absolute atomic E-state index is 12.2. The molecule has 182 valence electrons. The van der Waals surface area contributed by atoms with Crippen molar-refractivity contribution in [2.24, 2.45) is 0 Å². The zero-order valence-corrected chi connectivity index (χ0v) is 20.8. The molecule has 1 saturated heterocycles. The zero-order valence-electron chi connectivity index (χ0n) is 20.8. The number of nitrogens with zero attached hydrogens (tertiary/aromatic N) is 3. The minimum absolute atomic E-state index is 0.0675. The standard InChI is InChI=1S/C27H38N6O/c1-4-20(17-28)21-7-8-26-22(16-21)6-5-12-33(26)27(29)24-18-32(19(2)34)15-11-25(24)30-23-9-13-31(3)14-10-23/h4,7-8,16-17,23,28-30H,5-6,9-15,18H2,1-3H3/b20-4+,28-17?,29-27?. The highest BCUT2D eigenvalue weighted by molar-refractivity contribution is 6.10. The fraction of sp³-hybridized carbons (Fsp3) is 0.519. The monoisotopic (exact) mass is 462 g/mol. The molecule has 0 bridgehead atoms. The molecule has 34 heavy (non-hydrogen) atoms. The Morgan fingerprint density at radius 3 is 2.59 bits per heavy atom. The number of amidine groups is 1. The molecule has 1 aromatic carbocycles. The summed E-state index contributed by atoms with van der Waals surface area (Å²) >= 11 is 0. The Hall–Kier alpha value is -2.93. The van der Waals surface area contributed by atoms with Crippen LogP contribution in [0.5, 0.6) is 0 Å². The van der Waals surface area contributed by atoms with Crippen molar-refractivity contribution in [2.75, 3.05) is 44.7 Å². The minimum Gasteiger partial charge on any atom is -0.385 e. The minimum atomic E-state index is 0.0675. The number of benzene rings is 1. The normalized spacial score (nSPS) is 20.3. The summed E-state index contributed by atoms with van der Waals surface area (Å²) in [6, 6.07) is 6.75. The first-order valence-electron chi connectivity index (χ1n) is 12.5. The molecule has 3 heterocycles. The predicted octanol–water partition coefficient (Wildman–Crippen LogP) is 3.66. The van der Waals surface area contributed by atoms with Crippen molar-refractivity contribution >= 4 is 29.2 Å². The second-order valence-electron chi connectivity index (χ2n) is 9.71. The van der Waals surface area contributed by atoms with Crippen molar-refractivity contribution in [3.63, 3.8) is 0 Å². The van der Waals surface area contributed by atoms with Crippen LogP contribution >= 0.6 is 0 Å². The van der Waals surface area contributed by atoms with E-state index in [1.807, 2.05) is 17.9 Å². The second kappa shape index (κ2) is 10.6. The van der Waals surface area contributed by atoms with Gasteiger partial charge < -0.3 is 25.4 Å². The zero-order chi connectivity index (χ0) is 24.2. The van der Waals surface area contributed by atoms with Gasteiger partial charge in [-0.3, -0.25) is 10.2 Å². The van der Waals surface area contributed by atoms with Gasteiger partial charge in [0.2, 0.25) is 5.91 Å². The van der Waals surface area contributed by atoms with Crippen molar-refractivity contribution in [3.8, 4) is 0 Å². The van der Waals surface area contributed by atoms with Gasteiger partial charge in [-0.2, -0.15) is 0 Å². The first-order valence-corrected chi connectivity index (χ1v) is 12.5. The number of anilines is 1. The molecular weight excluding hydrogens is 424 g/mol. The lowest BCUT2D eigenvalue weighted by molar-refractivity contribution is -0.128. The van der Waals surface area contributed by atoms with Gasteiger partial charge in [0.05, 0.1) is 6.54 Å². The maximum Gasteiger partial charge on any atom is 0.219 e. The number of nitrogens with one attached hydrogen (secondary N) is 3. The van der Waals surface area contributed by atoms with Crippen molar-refractivity contribution < 1.29 is 4.79 Å². The summed E-state index contributed by atoms with van der Waals surface area (Å²) in [4.78, 5) is 18.6. The molecule has 0 radical (unpaired) electrons. The van der Waals surface area contributed by atoms with Gasteiger partial charge in [0.25, 0.3) is 0 Å². The molecule has 0 atom stereocenters. The Balaban J connectivity index is 1.63. The van der Waals surface area contributed by atoms with Crippen molar-refractivity contribution in [1.82, 2.24) is 15.1 Å². The van der Waals surface area contributed by atoms with Crippen LogP contribution in [0.2, 0.25) is 0 Å². The molecule has 3 aliphatic rings. The Morgan fingerprint density at radius 2 is 1.91 bits per heavy atom. The Kier molecular flexibility index (Phi) is 7.51. The number of hydrogen-bond donors (Lipinski definition) is 3. The van der Waals surface area contributed by atoms with Crippen LogP contribution in [0.15, 0.2) is 35.5 Å². The van der Waals surface area contributed by atoms with Gasteiger partial charge in [-0.25, -0.2) is 0 Å². The lowest BCUT2D eigenvalue weighted by Gasteiger charge is -2.38. The number of carbonyl (C=O) groups is 1. The van der Waals surface area contributed by atoms with Crippen LogP contribution in [0.1, 0.15) is 50.7 Å². The van der Waals surface area contributed by atoms with Crippen LogP contribution in [0.3, 0.4) is 0 Å². The van der Waals surface area contributed by atoms with Gasteiger partial charge in [-0.15, -0.1) is 0 Å². The quantitative estimate of drug-likeness (QED) is 0.460. The Labute approximate surface area is 203 Å². The number of likely N-dealkylation sites (tertiary alicyclic amines) is 1. The summed E-state index contributed by atoms with van der Waals surface area (Å²) in [7, 11) is 2.17. The van der Waals surface area contributed by atoms with E-state index in [4.69, 9.17) is 5.41 Å². The summed E-state index contributed by atoms with van der Waals surface area (Å²) in [6.45, 7) is 7.75. The van der Waals surface area contributed by atoms with Gasteiger partial charge >= 0.3 is 0 Å². The lowest BCUT2D eigenvalue weighted by atomic mass is 9.94. The third kappa shape index (κ3) is 5.09. The molecule has 0 aromatic heterocycles. The van der Waals surface area contributed by atoms with Crippen LogP contribution < -0.4 is 10.2 Å². The van der Waals surface area contributed by atoms with E-state index in [2.05, 4.69) is 40.4 Å². The first-order chi connectivity index (χ1) is 16.4. The lowest BCUT2D eigenvalue weighted by Crippen LogP contribution is -2.47. The molecule has 7 heteroatoms. The number of amides is 1. The number of piperidine rings is 1. The summed E-state index contributed by atoms with van der Waals surface area (Å²) < 4.78 is 0. The summed E-state index contributed by atoms with van der Waals surface area (Å²) in [5.41, 5.74) is 6.35. The molecule has 1 amide bonds. The van der Waals surface area contributed by atoms with Crippen LogP contribution in [-0.4, -0.2) is 73.6 Å². The molecule has 0 aliphatic carbocycles. The number of hydrogen-bond acceptors (Lipinski definition) is 5. The van der Waals surface area contributed by atoms with E-state index in [0.717, 1.165) is 79.8 Å². The molecule has 4 rings (SSSR count). The predicted molar refractivity (Wildman–Crippen MR) is 140 cm³/mol. The fourth-order valence-electron chi connectivity index (χ4n) is 5.31. The molecule has 0 unspecified atom stereocenters.